The van der Waals surface area contributed by atoms with E-state index < -0.39 is 15.9 Å². The van der Waals surface area contributed by atoms with E-state index in [-0.39, 0.29) is 15.5 Å². The summed E-state index contributed by atoms with van der Waals surface area (Å²) in [6.45, 7) is 5.17. The Labute approximate surface area is 184 Å². The van der Waals surface area contributed by atoms with Crippen LogP contribution in [0.25, 0.3) is 0 Å². The molecule has 1 N–H and O–H groups in total. The summed E-state index contributed by atoms with van der Waals surface area (Å²) in [5.41, 5.74) is 0.205. The lowest BCUT2D eigenvalue weighted by Crippen LogP contribution is -2.35. The number of thioether (sulfide) groups is 1. The molecule has 0 radical (unpaired) electrons. The van der Waals surface area contributed by atoms with Crippen LogP contribution in [0.5, 0.6) is 0 Å². The van der Waals surface area contributed by atoms with Crippen LogP contribution in [-0.2, 0) is 10.0 Å². The van der Waals surface area contributed by atoms with Crippen molar-refractivity contribution < 1.29 is 13.2 Å². The maximum Gasteiger partial charge on any atom is 0.257 e. The van der Waals surface area contributed by atoms with Crippen molar-refractivity contribution >= 4 is 55.8 Å². The standard InChI is InChI=1S/C18H23ClN4O3S3/c1-12(2)11-27-18-22-21-17(28-18)20-16(24)13-6-7-14(19)15(10-13)29(25,26)23-8-4-3-5-9-23/h6-7,10,12H,3-5,8-9,11H2,1-2H3,(H,20,21,24). The Bertz CT molecular complexity index is 972. The lowest BCUT2D eigenvalue weighted by atomic mass is 10.2. The third kappa shape index (κ3) is 5.69. The minimum Gasteiger partial charge on any atom is -0.296 e. The van der Waals surface area contributed by atoms with Gasteiger partial charge in [0, 0.05) is 24.4 Å². The molecule has 0 bridgehead atoms. The maximum absolute atomic E-state index is 13.0. The van der Waals surface area contributed by atoms with E-state index in [1.807, 2.05) is 0 Å². The number of aromatic nitrogens is 2. The number of hydrogen-bond acceptors (Lipinski definition) is 7. The van der Waals surface area contributed by atoms with Gasteiger partial charge >= 0.3 is 0 Å². The largest absolute Gasteiger partial charge is 0.296 e. The van der Waals surface area contributed by atoms with Crippen molar-refractivity contribution in [3.05, 3.63) is 28.8 Å². The van der Waals surface area contributed by atoms with Crippen LogP contribution in [-0.4, -0.2) is 47.7 Å². The molecule has 3 rings (SSSR count). The van der Waals surface area contributed by atoms with Crippen LogP contribution in [0.2, 0.25) is 5.02 Å². The minimum absolute atomic E-state index is 0.0424. The second-order valence-corrected chi connectivity index (χ2v) is 11.7. The quantitative estimate of drug-likeness (QED) is 0.473. The summed E-state index contributed by atoms with van der Waals surface area (Å²) in [6.07, 6.45) is 2.66. The normalized spacial score (nSPS) is 15.6. The fourth-order valence-electron chi connectivity index (χ4n) is 2.81. The zero-order valence-electron chi connectivity index (χ0n) is 16.2. The lowest BCUT2D eigenvalue weighted by Gasteiger charge is -2.26. The van der Waals surface area contributed by atoms with Gasteiger partial charge in [-0.1, -0.05) is 55.0 Å². The first-order valence-corrected chi connectivity index (χ1v) is 13.0. The van der Waals surface area contributed by atoms with Gasteiger partial charge in [-0.05, 0) is 37.0 Å². The molecule has 1 aliphatic rings. The van der Waals surface area contributed by atoms with E-state index in [0.29, 0.717) is 24.1 Å². The van der Waals surface area contributed by atoms with Crippen LogP contribution < -0.4 is 5.32 Å². The fraction of sp³-hybridized carbons (Fsp3) is 0.500. The van der Waals surface area contributed by atoms with Crippen LogP contribution in [0.1, 0.15) is 43.5 Å². The smallest absolute Gasteiger partial charge is 0.257 e. The average molecular weight is 475 g/mol. The average Bonchev–Trinajstić information content (AvgIpc) is 3.14. The number of halogens is 1. The topological polar surface area (TPSA) is 92.3 Å². The Kier molecular flexibility index (Phi) is 7.55. The maximum atomic E-state index is 13.0. The summed E-state index contributed by atoms with van der Waals surface area (Å²) in [5, 5.41) is 11.2. The van der Waals surface area contributed by atoms with Crippen molar-refractivity contribution in [2.24, 2.45) is 5.92 Å². The van der Waals surface area contributed by atoms with E-state index in [2.05, 4.69) is 29.4 Å². The molecule has 2 heterocycles. The number of amides is 1. The third-order valence-electron chi connectivity index (χ3n) is 4.29. The highest BCUT2D eigenvalue weighted by atomic mass is 35.5. The van der Waals surface area contributed by atoms with Gasteiger partial charge in [0.05, 0.1) is 5.02 Å². The number of sulfonamides is 1. The number of carbonyl (C=O) groups excluding carboxylic acids is 1. The van der Waals surface area contributed by atoms with Gasteiger partial charge in [-0.2, -0.15) is 4.31 Å². The second-order valence-electron chi connectivity index (χ2n) is 7.14. The number of benzene rings is 1. The van der Waals surface area contributed by atoms with E-state index >= 15 is 0 Å². The molecule has 29 heavy (non-hydrogen) atoms. The number of nitrogens with zero attached hydrogens (tertiary/aromatic N) is 3. The Morgan fingerprint density at radius 2 is 2.00 bits per heavy atom. The van der Waals surface area contributed by atoms with Gasteiger partial charge in [-0.15, -0.1) is 10.2 Å². The van der Waals surface area contributed by atoms with Crippen LogP contribution in [0.3, 0.4) is 0 Å². The SMILES string of the molecule is CC(C)CSc1nnc(NC(=O)c2ccc(Cl)c(S(=O)(=O)N3CCCCC3)c2)s1. The minimum atomic E-state index is -3.74. The van der Waals surface area contributed by atoms with Gasteiger partial charge < -0.3 is 0 Å². The molecule has 1 fully saturated rings. The fourth-order valence-corrected chi connectivity index (χ4v) is 6.55. The van der Waals surface area contributed by atoms with Gasteiger partial charge in [0.2, 0.25) is 15.2 Å². The van der Waals surface area contributed by atoms with Crippen molar-refractivity contribution in [2.45, 2.75) is 42.3 Å². The Morgan fingerprint density at radius 3 is 2.69 bits per heavy atom. The van der Waals surface area contributed by atoms with Gasteiger partial charge in [0.1, 0.15) is 4.90 Å². The summed E-state index contributed by atoms with van der Waals surface area (Å²) in [4.78, 5) is 12.6. The van der Waals surface area contributed by atoms with Gasteiger partial charge in [0.15, 0.2) is 4.34 Å². The second kappa shape index (κ2) is 9.74. The molecule has 1 aliphatic heterocycles. The Hall–Kier alpha value is -1.20. The van der Waals surface area contributed by atoms with E-state index in [1.54, 1.807) is 11.8 Å². The van der Waals surface area contributed by atoms with Crippen molar-refractivity contribution in [3.63, 3.8) is 0 Å². The first kappa shape index (κ1) is 22.5. The van der Waals surface area contributed by atoms with Crippen LogP contribution in [0.4, 0.5) is 5.13 Å². The first-order chi connectivity index (χ1) is 13.8. The molecule has 1 amide bonds. The number of anilines is 1. The third-order valence-corrected chi connectivity index (χ3v) is 9.07. The molecule has 0 saturated carbocycles. The molecule has 0 spiro atoms. The van der Waals surface area contributed by atoms with Crippen molar-refractivity contribution in [1.82, 2.24) is 14.5 Å². The van der Waals surface area contributed by atoms with E-state index in [0.717, 1.165) is 29.4 Å². The van der Waals surface area contributed by atoms with E-state index in [9.17, 15) is 13.2 Å². The van der Waals surface area contributed by atoms with Crippen molar-refractivity contribution in [1.29, 1.82) is 0 Å². The van der Waals surface area contributed by atoms with Gasteiger partial charge in [-0.25, -0.2) is 8.42 Å². The highest BCUT2D eigenvalue weighted by molar-refractivity contribution is 8.01. The molecule has 1 aromatic carbocycles. The molecule has 0 aliphatic carbocycles. The Balaban J connectivity index is 1.76. The van der Waals surface area contributed by atoms with Gasteiger partial charge in [0.25, 0.3) is 5.91 Å². The first-order valence-electron chi connectivity index (χ1n) is 9.34. The van der Waals surface area contributed by atoms with Crippen LogP contribution in [0, 0.1) is 5.92 Å². The number of nitrogens with one attached hydrogen (secondary N) is 1. The van der Waals surface area contributed by atoms with Gasteiger partial charge in [-0.3, -0.25) is 10.1 Å². The van der Waals surface area contributed by atoms with E-state index in [4.69, 9.17) is 11.6 Å². The summed E-state index contributed by atoms with van der Waals surface area (Å²) >= 11 is 9.04. The zero-order chi connectivity index (χ0) is 21.0. The summed E-state index contributed by atoms with van der Waals surface area (Å²) < 4.78 is 28.1. The zero-order valence-corrected chi connectivity index (χ0v) is 19.4. The predicted octanol–water partition coefficient (Wildman–Crippen LogP) is 4.37. The van der Waals surface area contributed by atoms with Crippen molar-refractivity contribution in [3.8, 4) is 0 Å². The summed E-state index contributed by atoms with van der Waals surface area (Å²) in [7, 11) is -3.74. The Morgan fingerprint density at radius 1 is 1.28 bits per heavy atom. The molecule has 11 heteroatoms. The number of piperidine rings is 1. The molecule has 7 nitrogen and oxygen atoms in total. The number of carbonyl (C=O) groups is 1. The molecular weight excluding hydrogens is 452 g/mol. The molecule has 0 atom stereocenters. The monoisotopic (exact) mass is 474 g/mol. The molecule has 1 saturated heterocycles. The summed E-state index contributed by atoms with van der Waals surface area (Å²) in [5.74, 6) is 0.988. The number of rotatable bonds is 7. The lowest BCUT2D eigenvalue weighted by molar-refractivity contribution is 0.102. The van der Waals surface area contributed by atoms with E-state index in [1.165, 1.54) is 33.8 Å². The van der Waals surface area contributed by atoms with Crippen LogP contribution >= 0.6 is 34.7 Å². The highest BCUT2D eigenvalue weighted by Crippen LogP contribution is 2.29. The van der Waals surface area contributed by atoms with Crippen LogP contribution in [0.15, 0.2) is 27.4 Å². The molecule has 1 aromatic heterocycles. The molecular formula is C18H23ClN4O3S3. The molecule has 0 unspecified atom stereocenters. The summed E-state index contributed by atoms with van der Waals surface area (Å²) in [6, 6.07) is 4.27. The molecule has 2 aromatic rings. The highest BCUT2D eigenvalue weighted by Gasteiger charge is 2.29. The number of hydrogen-bond donors (Lipinski definition) is 1. The predicted molar refractivity (Wildman–Crippen MR) is 117 cm³/mol. The van der Waals surface area contributed by atoms with Crippen molar-refractivity contribution in [2.75, 3.05) is 24.2 Å². The molecule has 158 valence electrons.